The third-order valence-corrected chi connectivity index (χ3v) is 5.09. The second-order valence-electron chi connectivity index (χ2n) is 6.15. The van der Waals surface area contributed by atoms with Crippen LogP contribution in [0.1, 0.15) is 22.3 Å². The molecule has 0 aliphatic carbocycles. The molecule has 0 spiro atoms. The highest BCUT2D eigenvalue weighted by atomic mass is 32.2. The SMILES string of the molecule is COC(=O)C(=CN(C)C)c1ccccc1SCc1c(C)cccc1C. The standard InChI is InChI=1S/C21H25NO2S/c1-15-9-8-10-16(2)19(15)14-25-20-12-7-6-11-17(20)18(13-22(3)4)21(23)24-5/h6-13H,14H2,1-5H3. The Morgan fingerprint density at radius 3 is 2.32 bits per heavy atom. The quantitative estimate of drug-likeness (QED) is 0.428. The van der Waals surface area contributed by atoms with Crippen molar-refractivity contribution in [2.24, 2.45) is 0 Å². The number of carbonyl (C=O) groups excluding carboxylic acids is 1. The molecule has 0 amide bonds. The number of hydrogen-bond donors (Lipinski definition) is 0. The van der Waals surface area contributed by atoms with Gasteiger partial charge < -0.3 is 9.64 Å². The van der Waals surface area contributed by atoms with Crippen molar-refractivity contribution in [2.75, 3.05) is 21.2 Å². The first-order valence-corrected chi connectivity index (χ1v) is 9.16. The van der Waals surface area contributed by atoms with E-state index in [0.29, 0.717) is 5.57 Å². The number of carbonyl (C=O) groups is 1. The maximum atomic E-state index is 12.3. The second-order valence-corrected chi connectivity index (χ2v) is 7.17. The number of rotatable bonds is 6. The predicted molar refractivity (Wildman–Crippen MR) is 106 cm³/mol. The monoisotopic (exact) mass is 355 g/mol. The Labute approximate surface area is 154 Å². The molecule has 0 fully saturated rings. The van der Waals surface area contributed by atoms with E-state index in [1.165, 1.54) is 23.8 Å². The lowest BCUT2D eigenvalue weighted by atomic mass is 10.1. The summed E-state index contributed by atoms with van der Waals surface area (Å²) in [4.78, 5) is 15.2. The number of methoxy groups -OCH3 is 1. The minimum atomic E-state index is -0.325. The number of thioether (sulfide) groups is 1. The lowest BCUT2D eigenvalue weighted by Gasteiger charge is -2.15. The van der Waals surface area contributed by atoms with Gasteiger partial charge in [0.05, 0.1) is 12.7 Å². The van der Waals surface area contributed by atoms with Gasteiger partial charge in [0.1, 0.15) is 0 Å². The van der Waals surface area contributed by atoms with Gasteiger partial charge in [0.2, 0.25) is 0 Å². The molecule has 0 heterocycles. The normalized spacial score (nSPS) is 11.3. The molecule has 0 bridgehead atoms. The van der Waals surface area contributed by atoms with Gasteiger partial charge >= 0.3 is 5.97 Å². The first-order valence-electron chi connectivity index (χ1n) is 8.18. The van der Waals surface area contributed by atoms with Crippen LogP contribution in [-0.4, -0.2) is 32.1 Å². The molecule has 0 saturated heterocycles. The summed E-state index contributed by atoms with van der Waals surface area (Å²) in [6, 6.07) is 14.3. The van der Waals surface area contributed by atoms with Gasteiger partial charge in [-0.15, -0.1) is 11.8 Å². The molecular weight excluding hydrogens is 330 g/mol. The van der Waals surface area contributed by atoms with Gasteiger partial charge in [0, 0.05) is 36.5 Å². The van der Waals surface area contributed by atoms with Crippen molar-refractivity contribution in [3.05, 3.63) is 70.9 Å². The summed E-state index contributed by atoms with van der Waals surface area (Å²) in [5.41, 5.74) is 5.40. The molecule has 4 heteroatoms. The first kappa shape index (κ1) is 19.1. The molecule has 0 aromatic heterocycles. The molecule has 132 valence electrons. The van der Waals surface area contributed by atoms with Gasteiger partial charge in [-0.3, -0.25) is 0 Å². The van der Waals surface area contributed by atoms with Crippen molar-refractivity contribution >= 4 is 23.3 Å². The van der Waals surface area contributed by atoms with E-state index in [2.05, 4.69) is 38.1 Å². The Bertz CT molecular complexity index is 761. The van der Waals surface area contributed by atoms with Crippen molar-refractivity contribution < 1.29 is 9.53 Å². The van der Waals surface area contributed by atoms with E-state index in [4.69, 9.17) is 4.74 Å². The predicted octanol–water partition coefficient (Wildman–Crippen LogP) is 4.67. The molecule has 0 saturated carbocycles. The number of benzene rings is 2. The van der Waals surface area contributed by atoms with Crippen LogP contribution in [0.4, 0.5) is 0 Å². The van der Waals surface area contributed by atoms with Crippen molar-refractivity contribution in [2.45, 2.75) is 24.5 Å². The van der Waals surface area contributed by atoms with Crippen LogP contribution in [0.3, 0.4) is 0 Å². The fourth-order valence-electron chi connectivity index (χ4n) is 2.64. The fraction of sp³-hybridized carbons (Fsp3) is 0.286. The Kier molecular flexibility index (Phi) is 6.71. The summed E-state index contributed by atoms with van der Waals surface area (Å²) < 4.78 is 4.98. The minimum Gasteiger partial charge on any atom is -0.465 e. The van der Waals surface area contributed by atoms with E-state index in [0.717, 1.165) is 16.2 Å². The molecule has 3 nitrogen and oxygen atoms in total. The summed E-state index contributed by atoms with van der Waals surface area (Å²) >= 11 is 1.74. The van der Waals surface area contributed by atoms with Crippen LogP contribution in [0.5, 0.6) is 0 Å². The highest BCUT2D eigenvalue weighted by Gasteiger charge is 2.17. The zero-order valence-electron chi connectivity index (χ0n) is 15.5. The van der Waals surface area contributed by atoms with Gasteiger partial charge in [0.25, 0.3) is 0 Å². The smallest absolute Gasteiger partial charge is 0.339 e. The third-order valence-electron chi connectivity index (χ3n) is 3.99. The highest BCUT2D eigenvalue weighted by Crippen LogP contribution is 2.32. The summed E-state index contributed by atoms with van der Waals surface area (Å²) in [5, 5.41) is 0. The average Bonchev–Trinajstić information content (AvgIpc) is 2.59. The minimum absolute atomic E-state index is 0.325. The van der Waals surface area contributed by atoms with Crippen LogP contribution in [0.15, 0.2) is 53.6 Å². The number of esters is 1. The topological polar surface area (TPSA) is 29.5 Å². The van der Waals surface area contributed by atoms with E-state index >= 15 is 0 Å². The molecule has 2 aromatic rings. The summed E-state index contributed by atoms with van der Waals surface area (Å²) in [6.07, 6.45) is 1.81. The third kappa shape index (κ3) is 4.89. The zero-order valence-corrected chi connectivity index (χ0v) is 16.3. The number of aryl methyl sites for hydroxylation is 2. The fourth-order valence-corrected chi connectivity index (χ4v) is 3.91. The van der Waals surface area contributed by atoms with E-state index in [-0.39, 0.29) is 5.97 Å². The summed E-state index contributed by atoms with van der Waals surface area (Å²) in [7, 11) is 5.21. The van der Waals surface area contributed by atoms with Crippen LogP contribution in [0.25, 0.3) is 5.57 Å². The number of ether oxygens (including phenoxy) is 1. The molecular formula is C21H25NO2S. The van der Waals surface area contributed by atoms with Gasteiger partial charge in [-0.05, 0) is 36.6 Å². The lowest BCUT2D eigenvalue weighted by molar-refractivity contribution is -0.133. The molecule has 0 atom stereocenters. The second kappa shape index (κ2) is 8.77. The van der Waals surface area contributed by atoms with Crippen LogP contribution in [0, 0.1) is 13.8 Å². The van der Waals surface area contributed by atoms with Crippen LogP contribution in [0.2, 0.25) is 0 Å². The van der Waals surface area contributed by atoms with Crippen LogP contribution < -0.4 is 0 Å². The average molecular weight is 356 g/mol. The van der Waals surface area contributed by atoms with E-state index in [9.17, 15) is 4.79 Å². The molecule has 0 aliphatic heterocycles. The Balaban J connectivity index is 2.36. The molecule has 0 N–H and O–H groups in total. The van der Waals surface area contributed by atoms with Gasteiger partial charge in [-0.1, -0.05) is 36.4 Å². The van der Waals surface area contributed by atoms with E-state index < -0.39 is 0 Å². The van der Waals surface area contributed by atoms with Crippen molar-refractivity contribution in [3.8, 4) is 0 Å². The maximum Gasteiger partial charge on any atom is 0.339 e. The number of hydrogen-bond acceptors (Lipinski definition) is 4. The van der Waals surface area contributed by atoms with Crippen molar-refractivity contribution in [1.82, 2.24) is 4.90 Å². The summed E-state index contributed by atoms with van der Waals surface area (Å²) in [6.45, 7) is 4.28. The summed E-state index contributed by atoms with van der Waals surface area (Å²) in [5.74, 6) is 0.542. The van der Waals surface area contributed by atoms with Crippen molar-refractivity contribution in [1.29, 1.82) is 0 Å². The number of nitrogens with zero attached hydrogens (tertiary/aromatic N) is 1. The molecule has 2 aromatic carbocycles. The van der Waals surface area contributed by atoms with Gasteiger partial charge in [-0.2, -0.15) is 0 Å². The molecule has 0 aliphatic rings. The lowest BCUT2D eigenvalue weighted by Crippen LogP contribution is -2.10. The van der Waals surface area contributed by atoms with E-state index in [1.54, 1.807) is 11.8 Å². The zero-order chi connectivity index (χ0) is 18.4. The molecule has 0 unspecified atom stereocenters. The van der Waals surface area contributed by atoms with E-state index in [1.807, 2.05) is 43.4 Å². The Morgan fingerprint density at radius 2 is 1.72 bits per heavy atom. The van der Waals surface area contributed by atoms with Gasteiger partial charge in [0.15, 0.2) is 0 Å². The van der Waals surface area contributed by atoms with Crippen LogP contribution in [-0.2, 0) is 15.3 Å². The Morgan fingerprint density at radius 1 is 1.08 bits per heavy atom. The molecule has 25 heavy (non-hydrogen) atoms. The first-order chi connectivity index (χ1) is 11.9. The van der Waals surface area contributed by atoms with Crippen LogP contribution >= 0.6 is 11.8 Å². The largest absolute Gasteiger partial charge is 0.465 e. The van der Waals surface area contributed by atoms with Gasteiger partial charge in [-0.25, -0.2) is 4.79 Å². The Hall–Kier alpha value is -2.20. The highest BCUT2D eigenvalue weighted by molar-refractivity contribution is 7.98. The molecule has 0 radical (unpaired) electrons. The maximum absolute atomic E-state index is 12.3. The van der Waals surface area contributed by atoms with Crippen molar-refractivity contribution in [3.63, 3.8) is 0 Å². The molecule has 2 rings (SSSR count).